The molecule has 15 heavy (non-hydrogen) atoms. The molecular weight excluding hydrogens is 199 g/mol. The molecule has 88 valence electrons. The largest absolute Gasteiger partial charge is 0.449 e. The average Bonchev–Trinajstić information content (AvgIpc) is 2.16. The van der Waals surface area contributed by atoms with E-state index in [-0.39, 0.29) is 12.6 Å². The smallest absolute Gasteiger partial charge is 0.409 e. The molecular formula is C10H19FN2O2. The second-order valence-corrected chi connectivity index (χ2v) is 3.97. The molecule has 1 aliphatic heterocycles. The Morgan fingerprint density at radius 1 is 1.60 bits per heavy atom. The van der Waals surface area contributed by atoms with Crippen molar-refractivity contribution < 1.29 is 13.9 Å². The van der Waals surface area contributed by atoms with Crippen molar-refractivity contribution in [2.75, 3.05) is 19.7 Å². The van der Waals surface area contributed by atoms with Gasteiger partial charge in [0.1, 0.15) is 6.17 Å². The molecule has 1 saturated heterocycles. The number of ether oxygens (including phenoxy) is 1. The first-order valence-electron chi connectivity index (χ1n) is 5.44. The van der Waals surface area contributed by atoms with Crippen LogP contribution in [0.1, 0.15) is 26.2 Å². The van der Waals surface area contributed by atoms with Gasteiger partial charge in [0.15, 0.2) is 0 Å². The van der Waals surface area contributed by atoms with Gasteiger partial charge < -0.3 is 15.4 Å². The Bertz CT molecular complexity index is 204. The summed E-state index contributed by atoms with van der Waals surface area (Å²) in [5.74, 6) is 0. The van der Waals surface area contributed by atoms with Crippen LogP contribution in [0.5, 0.6) is 0 Å². The Morgan fingerprint density at radius 2 is 2.33 bits per heavy atom. The molecule has 1 aliphatic rings. The monoisotopic (exact) mass is 218 g/mol. The van der Waals surface area contributed by atoms with Gasteiger partial charge in [0.25, 0.3) is 0 Å². The highest BCUT2D eigenvalue weighted by atomic mass is 19.1. The fraction of sp³-hybridized carbons (Fsp3) is 0.900. The number of piperidine rings is 1. The van der Waals surface area contributed by atoms with E-state index in [2.05, 4.69) is 0 Å². The maximum absolute atomic E-state index is 13.1. The number of halogens is 1. The maximum Gasteiger partial charge on any atom is 0.409 e. The summed E-state index contributed by atoms with van der Waals surface area (Å²) in [6.45, 7) is 2.92. The summed E-state index contributed by atoms with van der Waals surface area (Å²) in [5.41, 5.74) is 5.62. The molecule has 0 aromatic rings. The second kappa shape index (κ2) is 5.90. The van der Waals surface area contributed by atoms with Gasteiger partial charge >= 0.3 is 6.09 Å². The molecule has 1 rings (SSSR count). The number of hydrogen-bond acceptors (Lipinski definition) is 3. The van der Waals surface area contributed by atoms with Gasteiger partial charge in [-0.15, -0.1) is 0 Å². The summed E-state index contributed by atoms with van der Waals surface area (Å²) in [5, 5.41) is 0. The van der Waals surface area contributed by atoms with E-state index in [0.717, 1.165) is 12.8 Å². The Balaban J connectivity index is 2.31. The summed E-state index contributed by atoms with van der Waals surface area (Å²) in [7, 11) is 0. The van der Waals surface area contributed by atoms with Crippen molar-refractivity contribution in [1.82, 2.24) is 4.90 Å². The maximum atomic E-state index is 13.1. The van der Waals surface area contributed by atoms with E-state index in [1.807, 2.05) is 6.92 Å². The van der Waals surface area contributed by atoms with Crippen LogP contribution in [0.4, 0.5) is 9.18 Å². The lowest BCUT2D eigenvalue weighted by Crippen LogP contribution is -2.50. The minimum atomic E-state index is -1.02. The molecule has 0 unspecified atom stereocenters. The molecule has 2 atom stereocenters. The lowest BCUT2D eigenvalue weighted by Gasteiger charge is -2.32. The van der Waals surface area contributed by atoms with Gasteiger partial charge in [-0.3, -0.25) is 0 Å². The van der Waals surface area contributed by atoms with Crippen LogP contribution in [0.25, 0.3) is 0 Å². The molecule has 1 amide bonds. The Hall–Kier alpha value is -0.840. The number of carbonyl (C=O) groups is 1. The van der Waals surface area contributed by atoms with Crippen molar-refractivity contribution in [3.8, 4) is 0 Å². The zero-order valence-electron chi connectivity index (χ0n) is 9.12. The predicted octanol–water partition coefficient (Wildman–Crippen LogP) is 1.29. The normalized spacial score (nSPS) is 26.5. The molecule has 5 heteroatoms. The first-order chi connectivity index (χ1) is 7.13. The van der Waals surface area contributed by atoms with Crippen molar-refractivity contribution in [1.29, 1.82) is 0 Å². The highest BCUT2D eigenvalue weighted by molar-refractivity contribution is 5.67. The van der Waals surface area contributed by atoms with Crippen molar-refractivity contribution in [3.63, 3.8) is 0 Å². The van der Waals surface area contributed by atoms with Crippen molar-refractivity contribution >= 4 is 6.09 Å². The van der Waals surface area contributed by atoms with Crippen LogP contribution < -0.4 is 5.73 Å². The van der Waals surface area contributed by atoms with Crippen LogP contribution in [-0.2, 0) is 4.74 Å². The summed E-state index contributed by atoms with van der Waals surface area (Å²) < 4.78 is 18.1. The molecule has 0 aromatic heterocycles. The van der Waals surface area contributed by atoms with Crippen LogP contribution >= 0.6 is 0 Å². The molecule has 1 fully saturated rings. The molecule has 0 aliphatic carbocycles. The van der Waals surface area contributed by atoms with Gasteiger partial charge in [-0.25, -0.2) is 9.18 Å². The minimum Gasteiger partial charge on any atom is -0.449 e. The van der Waals surface area contributed by atoms with Crippen LogP contribution in [0, 0.1) is 0 Å². The third-order valence-corrected chi connectivity index (χ3v) is 2.41. The van der Waals surface area contributed by atoms with Crippen LogP contribution in [0.3, 0.4) is 0 Å². The number of carbonyl (C=O) groups excluding carboxylic acids is 1. The molecule has 4 nitrogen and oxygen atoms in total. The Morgan fingerprint density at radius 3 is 2.93 bits per heavy atom. The second-order valence-electron chi connectivity index (χ2n) is 3.97. The van der Waals surface area contributed by atoms with Gasteiger partial charge in [0, 0.05) is 12.6 Å². The van der Waals surface area contributed by atoms with E-state index in [4.69, 9.17) is 10.5 Å². The summed E-state index contributed by atoms with van der Waals surface area (Å²) >= 11 is 0. The third kappa shape index (κ3) is 4.03. The lowest BCUT2D eigenvalue weighted by molar-refractivity contribution is 0.0703. The van der Waals surface area contributed by atoms with Crippen LogP contribution in [0.15, 0.2) is 0 Å². The highest BCUT2D eigenvalue weighted by Crippen LogP contribution is 2.13. The van der Waals surface area contributed by atoms with Crippen molar-refractivity contribution in [3.05, 3.63) is 0 Å². The molecule has 2 N–H and O–H groups in total. The molecule has 0 radical (unpaired) electrons. The predicted molar refractivity (Wildman–Crippen MR) is 55.3 cm³/mol. The fourth-order valence-corrected chi connectivity index (χ4v) is 1.62. The minimum absolute atomic E-state index is 0.110. The molecule has 0 aromatic carbocycles. The van der Waals surface area contributed by atoms with Gasteiger partial charge in [-0.2, -0.15) is 0 Å². The first-order valence-corrected chi connectivity index (χ1v) is 5.44. The standard InChI is InChI=1S/C10H19FN2O2/c1-2-3-4-15-10(14)13-6-8(11)5-9(12)7-13/h8-9H,2-7,12H2,1H3/t8-,9+/m0/s1. The van der Waals surface area contributed by atoms with E-state index in [1.54, 1.807) is 0 Å². The molecule has 1 heterocycles. The van der Waals surface area contributed by atoms with Crippen LogP contribution in [-0.4, -0.2) is 42.9 Å². The highest BCUT2D eigenvalue weighted by Gasteiger charge is 2.28. The summed E-state index contributed by atoms with van der Waals surface area (Å²) in [4.78, 5) is 12.8. The molecule has 0 bridgehead atoms. The SMILES string of the molecule is CCCCOC(=O)N1C[C@H](N)C[C@H](F)C1. The molecule has 0 spiro atoms. The van der Waals surface area contributed by atoms with Gasteiger partial charge in [-0.05, 0) is 12.8 Å². The number of nitrogens with two attached hydrogens (primary N) is 1. The quantitative estimate of drug-likeness (QED) is 0.726. The van der Waals surface area contributed by atoms with Crippen LogP contribution in [0.2, 0.25) is 0 Å². The first kappa shape index (κ1) is 12.2. The Labute approximate surface area is 89.6 Å². The fourth-order valence-electron chi connectivity index (χ4n) is 1.62. The number of rotatable bonds is 3. The topological polar surface area (TPSA) is 55.6 Å². The van der Waals surface area contributed by atoms with E-state index < -0.39 is 12.3 Å². The zero-order chi connectivity index (χ0) is 11.3. The third-order valence-electron chi connectivity index (χ3n) is 2.41. The van der Waals surface area contributed by atoms with Crippen molar-refractivity contribution in [2.45, 2.75) is 38.4 Å². The van der Waals surface area contributed by atoms with Gasteiger partial charge in [0.05, 0.1) is 13.2 Å². The number of amides is 1. The van der Waals surface area contributed by atoms with Gasteiger partial charge in [-0.1, -0.05) is 13.3 Å². The number of hydrogen-bond donors (Lipinski definition) is 1. The van der Waals surface area contributed by atoms with E-state index in [0.29, 0.717) is 19.6 Å². The molecule has 0 saturated carbocycles. The number of likely N-dealkylation sites (tertiary alicyclic amines) is 1. The lowest BCUT2D eigenvalue weighted by atomic mass is 10.1. The zero-order valence-corrected chi connectivity index (χ0v) is 9.12. The van der Waals surface area contributed by atoms with Gasteiger partial charge in [0.2, 0.25) is 0 Å². The number of unbranched alkanes of at least 4 members (excludes halogenated alkanes) is 1. The summed E-state index contributed by atoms with van der Waals surface area (Å²) in [6, 6.07) is -0.271. The summed E-state index contributed by atoms with van der Waals surface area (Å²) in [6.07, 6.45) is 0.677. The van der Waals surface area contributed by atoms with E-state index in [9.17, 15) is 9.18 Å². The number of nitrogens with zero attached hydrogens (tertiary/aromatic N) is 1. The number of alkyl halides is 1. The average molecular weight is 218 g/mol. The van der Waals surface area contributed by atoms with E-state index in [1.165, 1.54) is 4.90 Å². The van der Waals surface area contributed by atoms with Crippen molar-refractivity contribution in [2.24, 2.45) is 5.73 Å². The Kier molecular flexibility index (Phi) is 4.81. The van der Waals surface area contributed by atoms with E-state index >= 15 is 0 Å².